The summed E-state index contributed by atoms with van der Waals surface area (Å²) >= 11 is 0. The molecule has 3 aliphatic rings. The van der Waals surface area contributed by atoms with Crippen molar-refractivity contribution in [1.29, 1.82) is 0 Å². The van der Waals surface area contributed by atoms with Crippen LogP contribution in [0, 0.1) is 12.7 Å². The number of ketones is 1. The Morgan fingerprint density at radius 2 is 1.63 bits per heavy atom. The van der Waals surface area contributed by atoms with Crippen molar-refractivity contribution in [1.82, 2.24) is 15.1 Å². The number of Topliss-reactive ketones (excluding diaryl/α,β-unsaturated/α-hetero) is 1. The minimum Gasteiger partial charge on any atom is -0.494 e. The standard InChI is InChI=1S/C33H43FN4O2.C11H17NO.C9H17N.C2H6/c1-22(2)7-11-31(25(6)39)30-12-10-28(17-24(30)5)38-20-29(21-38)36-13-15-37(16-14-36)33(40)18-26-8-9-27(19-32(26)34)35-23(3)4;1-5-8(2)9(3)11-10(4)13-7-6-12-11;1-4-6-9(7-10)8(3)5-2;1-2/h8-10,12,17,19,29,31,35H,1,3,7,11,13-16,18,20-21H2,2,4-6H3;5,12H,1,6-7H2,2-4H3;7H,3-6,10H2,1-2H3;1-2H3/b;9-8-;9-7-;. The van der Waals surface area contributed by atoms with Gasteiger partial charge in [0.2, 0.25) is 5.91 Å². The third-order valence-corrected chi connectivity index (χ3v) is 12.1. The quantitative estimate of drug-likeness (QED) is 0.107. The summed E-state index contributed by atoms with van der Waals surface area (Å²) in [4.78, 5) is 31.9. The molecular formula is C55H83FN6O3. The van der Waals surface area contributed by atoms with Crippen molar-refractivity contribution in [3.05, 3.63) is 143 Å². The van der Waals surface area contributed by atoms with E-state index < -0.39 is 0 Å². The topological polar surface area (TPSA) is 103 Å². The SMILES string of the molecule is C=C(C)CCC(C(C)=O)c1ccc(N2CC(N3CCN(C(=O)Cc4ccc(NC(=C)C)cc4F)CC3)C2)cc1C.C=C(CC)/C(=C\N)CCC.C=C/C(C)=C(/C)C1=C(C)OCCN1.CC. The molecule has 0 spiro atoms. The Labute approximate surface area is 393 Å². The van der Waals surface area contributed by atoms with Gasteiger partial charge in [-0.1, -0.05) is 83.2 Å². The summed E-state index contributed by atoms with van der Waals surface area (Å²) in [5.41, 5.74) is 17.7. The number of hydrogen-bond acceptors (Lipinski definition) is 8. The van der Waals surface area contributed by atoms with Gasteiger partial charge in [0.25, 0.3) is 0 Å². The fraction of sp³-hybridized carbons (Fsp3) is 0.491. The van der Waals surface area contributed by atoms with Crippen LogP contribution in [-0.2, 0) is 20.7 Å². The van der Waals surface area contributed by atoms with E-state index in [0.717, 1.165) is 105 Å². The predicted octanol–water partition coefficient (Wildman–Crippen LogP) is 11.7. The number of halogens is 1. The first-order chi connectivity index (χ1) is 30.9. The van der Waals surface area contributed by atoms with Crippen molar-refractivity contribution in [2.24, 2.45) is 5.73 Å². The van der Waals surface area contributed by atoms with Gasteiger partial charge in [0, 0.05) is 74.8 Å². The molecule has 0 radical (unpaired) electrons. The molecule has 0 aliphatic carbocycles. The minimum absolute atomic E-state index is 0.0305. The fourth-order valence-electron chi connectivity index (χ4n) is 7.94. The molecule has 3 heterocycles. The Hall–Kier alpha value is -5.35. The molecule has 0 saturated carbocycles. The number of carbonyl (C=O) groups is 2. The fourth-order valence-corrected chi connectivity index (χ4v) is 7.94. The number of allylic oxidation sites excluding steroid dienone is 8. The molecule has 65 heavy (non-hydrogen) atoms. The molecule has 2 saturated heterocycles. The number of aryl methyl sites for hydroxylation is 1. The number of amides is 1. The Morgan fingerprint density at radius 1 is 0.969 bits per heavy atom. The Morgan fingerprint density at radius 3 is 2.14 bits per heavy atom. The van der Waals surface area contributed by atoms with Crippen molar-refractivity contribution in [3.8, 4) is 0 Å². The molecule has 0 bridgehead atoms. The number of nitrogens with zero attached hydrogens (tertiary/aromatic N) is 3. The van der Waals surface area contributed by atoms with Crippen LogP contribution in [0.5, 0.6) is 0 Å². The second-order valence-electron chi connectivity index (χ2n) is 17.2. The third-order valence-electron chi connectivity index (χ3n) is 12.1. The van der Waals surface area contributed by atoms with Gasteiger partial charge in [-0.3, -0.25) is 14.5 Å². The summed E-state index contributed by atoms with van der Waals surface area (Å²) in [5, 5.41) is 6.33. The average Bonchev–Trinajstić information content (AvgIpc) is 3.27. The van der Waals surface area contributed by atoms with Crippen molar-refractivity contribution >= 4 is 23.1 Å². The number of carbonyl (C=O) groups excluding carboxylic acids is 2. The first-order valence-electron chi connectivity index (χ1n) is 23.6. The first kappa shape index (κ1) is 55.8. The zero-order valence-corrected chi connectivity index (χ0v) is 42.0. The zero-order chi connectivity index (χ0) is 48.8. The highest BCUT2D eigenvalue weighted by Gasteiger charge is 2.35. The largest absolute Gasteiger partial charge is 0.494 e. The maximum Gasteiger partial charge on any atom is 0.227 e. The van der Waals surface area contributed by atoms with Gasteiger partial charge in [-0.2, -0.15) is 0 Å². The van der Waals surface area contributed by atoms with Gasteiger partial charge >= 0.3 is 0 Å². The molecular weight excluding hydrogens is 812 g/mol. The van der Waals surface area contributed by atoms with E-state index in [4.69, 9.17) is 10.5 Å². The van der Waals surface area contributed by atoms with Gasteiger partial charge < -0.3 is 30.9 Å². The summed E-state index contributed by atoms with van der Waals surface area (Å²) in [7, 11) is 0. The number of anilines is 2. The molecule has 3 aliphatic heterocycles. The summed E-state index contributed by atoms with van der Waals surface area (Å²) in [6, 6.07) is 11.8. The van der Waals surface area contributed by atoms with E-state index in [1.807, 2.05) is 45.6 Å². The van der Waals surface area contributed by atoms with Crippen LogP contribution >= 0.6 is 0 Å². The molecule has 1 atom stereocenters. The van der Waals surface area contributed by atoms with Crippen LogP contribution in [0.4, 0.5) is 15.8 Å². The zero-order valence-electron chi connectivity index (χ0n) is 42.0. The Bertz CT molecular complexity index is 2030. The predicted molar refractivity (Wildman–Crippen MR) is 275 cm³/mol. The summed E-state index contributed by atoms with van der Waals surface area (Å²) in [6.45, 7) is 43.9. The molecule has 9 nitrogen and oxygen atoms in total. The lowest BCUT2D eigenvalue weighted by atomic mass is 9.86. The van der Waals surface area contributed by atoms with Crippen LogP contribution in [0.3, 0.4) is 0 Å². The molecule has 10 heteroatoms. The van der Waals surface area contributed by atoms with Crippen LogP contribution in [0.1, 0.15) is 124 Å². The highest BCUT2D eigenvalue weighted by atomic mass is 19.1. The van der Waals surface area contributed by atoms with Gasteiger partial charge in [0.05, 0.1) is 12.1 Å². The van der Waals surface area contributed by atoms with E-state index in [-0.39, 0.29) is 29.8 Å². The minimum atomic E-state index is -0.375. The summed E-state index contributed by atoms with van der Waals surface area (Å²) in [6.07, 6.45) is 8.48. The van der Waals surface area contributed by atoms with E-state index in [0.29, 0.717) is 30.4 Å². The Balaban J connectivity index is 0.000000473. The molecule has 2 aromatic rings. The smallest absolute Gasteiger partial charge is 0.227 e. The van der Waals surface area contributed by atoms with Gasteiger partial charge in [-0.05, 0) is 138 Å². The highest BCUT2D eigenvalue weighted by molar-refractivity contribution is 5.84. The third kappa shape index (κ3) is 17.5. The maximum absolute atomic E-state index is 14.5. The van der Waals surface area contributed by atoms with Crippen molar-refractivity contribution in [2.75, 3.05) is 62.6 Å². The molecule has 1 amide bonds. The number of piperazine rings is 1. The lowest BCUT2D eigenvalue weighted by molar-refractivity contribution is -0.132. The number of nitrogens with two attached hydrogens (primary N) is 1. The van der Waals surface area contributed by atoms with Gasteiger partial charge in [0.15, 0.2) is 0 Å². The molecule has 2 aromatic carbocycles. The van der Waals surface area contributed by atoms with Crippen molar-refractivity contribution in [2.45, 2.75) is 127 Å². The normalized spacial score (nSPS) is 16.0. The van der Waals surface area contributed by atoms with E-state index in [1.165, 1.54) is 34.0 Å². The van der Waals surface area contributed by atoms with Gasteiger partial charge in [0.1, 0.15) is 24.0 Å². The van der Waals surface area contributed by atoms with Gasteiger partial charge in [-0.25, -0.2) is 4.39 Å². The molecule has 4 N–H and O–H groups in total. The lowest BCUT2D eigenvalue weighted by Crippen LogP contribution is -2.63. The van der Waals surface area contributed by atoms with E-state index in [9.17, 15) is 14.0 Å². The van der Waals surface area contributed by atoms with Crippen molar-refractivity contribution in [3.63, 3.8) is 0 Å². The van der Waals surface area contributed by atoms with Crippen LogP contribution in [0.2, 0.25) is 0 Å². The molecule has 5 rings (SSSR count). The van der Waals surface area contributed by atoms with E-state index >= 15 is 0 Å². The van der Waals surface area contributed by atoms with Crippen molar-refractivity contribution < 1.29 is 18.7 Å². The highest BCUT2D eigenvalue weighted by Crippen LogP contribution is 2.32. The molecule has 1 unspecified atom stereocenters. The first-order valence-corrected chi connectivity index (χ1v) is 23.6. The Kier molecular flexibility index (Phi) is 24.5. The monoisotopic (exact) mass is 895 g/mol. The summed E-state index contributed by atoms with van der Waals surface area (Å²) < 4.78 is 20.0. The molecule has 358 valence electrons. The number of rotatable bonds is 17. The average molecular weight is 895 g/mol. The lowest BCUT2D eigenvalue weighted by Gasteiger charge is -2.49. The van der Waals surface area contributed by atoms with Crippen LogP contribution in [0.25, 0.3) is 0 Å². The van der Waals surface area contributed by atoms with Gasteiger partial charge in [-0.15, -0.1) is 6.58 Å². The number of hydrogen-bond donors (Lipinski definition) is 3. The van der Waals surface area contributed by atoms with Crippen LogP contribution in [0.15, 0.2) is 120 Å². The maximum atomic E-state index is 14.5. The number of ether oxygens (including phenoxy) is 1. The molecule has 2 fully saturated rings. The summed E-state index contributed by atoms with van der Waals surface area (Å²) in [5.74, 6) is 0.697. The van der Waals surface area contributed by atoms with Crippen LogP contribution < -0.4 is 21.3 Å². The number of nitrogens with one attached hydrogen (secondary N) is 2. The number of benzene rings is 2. The second-order valence-corrected chi connectivity index (χ2v) is 17.2. The van der Waals surface area contributed by atoms with E-state index in [1.54, 1.807) is 25.3 Å². The molecule has 0 aromatic heterocycles. The second kappa shape index (κ2) is 28.5. The van der Waals surface area contributed by atoms with E-state index in [2.05, 4.69) is 99.6 Å². The van der Waals surface area contributed by atoms with Crippen LogP contribution in [-0.4, -0.2) is 80.0 Å².